The van der Waals surface area contributed by atoms with Crippen LogP contribution >= 0.6 is 0 Å². The molecule has 1 aliphatic heterocycles. The van der Waals surface area contributed by atoms with Crippen LogP contribution < -0.4 is 5.32 Å². The monoisotopic (exact) mass is 249 g/mol. The topological polar surface area (TPSA) is 66.4 Å². The Morgan fingerprint density at radius 2 is 1.62 bits per heavy atom. The van der Waals surface area contributed by atoms with Crippen LogP contribution in [-0.4, -0.2) is 42.6 Å². The summed E-state index contributed by atoms with van der Waals surface area (Å²) in [6, 6.07) is 0. The fourth-order valence-corrected chi connectivity index (χ4v) is 0.668. The molecule has 0 spiro atoms. The van der Waals surface area contributed by atoms with Crippen molar-refractivity contribution >= 4 is 11.8 Å². The molecule has 0 aromatic rings. The molecule has 9 heteroatoms. The molecule has 0 aromatic heterocycles. The zero-order chi connectivity index (χ0) is 12.9. The summed E-state index contributed by atoms with van der Waals surface area (Å²) >= 11 is 0. The van der Waals surface area contributed by atoms with Gasteiger partial charge in [0, 0.05) is 19.0 Å². The Morgan fingerprint density at radius 3 is 1.69 bits per heavy atom. The summed E-state index contributed by atoms with van der Waals surface area (Å²) in [6.45, 7) is 0.840. The van der Waals surface area contributed by atoms with Crippen LogP contribution in [0.3, 0.4) is 0 Å². The molecule has 0 amide bonds. The fourth-order valence-electron chi connectivity index (χ4n) is 0.668. The predicted octanol–water partition coefficient (Wildman–Crippen LogP) is 0.673. The molecule has 0 radical (unpaired) electrons. The number of carboxylic acid groups (broad SMARTS) is 1. The second-order valence-electron chi connectivity index (χ2n) is 2.86. The highest BCUT2D eigenvalue weighted by atomic mass is 19.4. The van der Waals surface area contributed by atoms with E-state index in [1.165, 1.54) is 0 Å². The van der Waals surface area contributed by atoms with E-state index in [2.05, 4.69) is 5.32 Å². The van der Waals surface area contributed by atoms with Crippen LogP contribution in [0.5, 0.6) is 0 Å². The summed E-state index contributed by atoms with van der Waals surface area (Å²) in [5, 5.41) is 9.87. The van der Waals surface area contributed by atoms with Gasteiger partial charge in [-0.05, 0) is 0 Å². The minimum absolute atomic E-state index is 0.420. The maximum Gasteiger partial charge on any atom is 0.490 e. The van der Waals surface area contributed by atoms with Crippen LogP contribution in [0, 0.1) is 5.92 Å². The number of nitrogens with one attached hydrogen (secondary N) is 1. The molecule has 0 unspecified atom stereocenters. The molecular weight excluding hydrogens is 241 g/mol. The van der Waals surface area contributed by atoms with Crippen molar-refractivity contribution in [3.05, 3.63) is 0 Å². The molecule has 1 rings (SSSR count). The number of carbonyl (C=O) groups is 2. The van der Waals surface area contributed by atoms with E-state index in [1.807, 2.05) is 0 Å². The molecule has 1 fully saturated rings. The molecule has 0 saturated carbocycles. The summed E-state index contributed by atoms with van der Waals surface area (Å²) in [6.07, 6.45) is -7.86. The van der Waals surface area contributed by atoms with Crippen LogP contribution in [-0.2, 0) is 9.59 Å². The zero-order valence-corrected chi connectivity index (χ0v) is 7.72. The fraction of sp³-hybridized carbons (Fsp3) is 0.714. The van der Waals surface area contributed by atoms with Gasteiger partial charge in [-0.1, -0.05) is 0 Å². The molecule has 2 N–H and O–H groups in total. The highest BCUT2D eigenvalue weighted by Gasteiger charge is 2.38. The molecule has 0 aliphatic carbocycles. The summed E-state index contributed by atoms with van der Waals surface area (Å²) in [5.74, 6) is -4.11. The molecule has 1 saturated heterocycles. The molecular formula is C7H8F5NO3. The first kappa shape index (κ1) is 14.8. The average Bonchev–Trinajstić information content (AvgIpc) is 1.99. The molecule has 0 aromatic carbocycles. The first-order valence-corrected chi connectivity index (χ1v) is 3.99. The lowest BCUT2D eigenvalue weighted by molar-refractivity contribution is -0.192. The van der Waals surface area contributed by atoms with Crippen molar-refractivity contribution < 1.29 is 36.6 Å². The Bertz CT molecular complexity index is 261. The zero-order valence-electron chi connectivity index (χ0n) is 7.72. The van der Waals surface area contributed by atoms with Crippen LogP contribution in [0.25, 0.3) is 0 Å². The third-order valence-electron chi connectivity index (χ3n) is 1.64. The largest absolute Gasteiger partial charge is 0.490 e. The molecule has 1 aliphatic rings. The van der Waals surface area contributed by atoms with E-state index in [0.717, 1.165) is 0 Å². The third-order valence-corrected chi connectivity index (χ3v) is 1.64. The van der Waals surface area contributed by atoms with E-state index in [0.29, 0.717) is 13.1 Å². The van der Waals surface area contributed by atoms with E-state index in [4.69, 9.17) is 9.90 Å². The predicted molar refractivity (Wildman–Crippen MR) is 41.1 cm³/mol. The number of aliphatic carboxylic acids is 1. The molecule has 0 atom stereocenters. The van der Waals surface area contributed by atoms with Crippen molar-refractivity contribution in [2.45, 2.75) is 12.6 Å². The van der Waals surface area contributed by atoms with Gasteiger partial charge in [-0.2, -0.15) is 13.2 Å². The second-order valence-corrected chi connectivity index (χ2v) is 2.86. The van der Waals surface area contributed by atoms with E-state index >= 15 is 0 Å². The van der Waals surface area contributed by atoms with E-state index in [-0.39, 0.29) is 0 Å². The number of alkyl halides is 5. The van der Waals surface area contributed by atoms with E-state index < -0.39 is 30.3 Å². The SMILES string of the molecule is O=C(C(F)F)C1CNC1.O=C(O)C(F)(F)F. The lowest BCUT2D eigenvalue weighted by Crippen LogP contribution is -2.48. The van der Waals surface area contributed by atoms with Crippen LogP contribution in [0.2, 0.25) is 0 Å². The number of rotatable bonds is 2. The van der Waals surface area contributed by atoms with Gasteiger partial charge in [0.2, 0.25) is 5.78 Å². The Balaban J connectivity index is 0.000000293. The number of carboxylic acids is 1. The number of Topliss-reactive ketones (excluding diaryl/α,β-unsaturated/α-hetero) is 1. The second kappa shape index (κ2) is 5.73. The van der Waals surface area contributed by atoms with Crippen molar-refractivity contribution in [1.29, 1.82) is 0 Å². The van der Waals surface area contributed by atoms with E-state index in [1.54, 1.807) is 0 Å². The van der Waals surface area contributed by atoms with Gasteiger partial charge in [0.25, 0.3) is 6.43 Å². The van der Waals surface area contributed by atoms with Crippen molar-refractivity contribution in [2.24, 2.45) is 5.92 Å². The highest BCUT2D eigenvalue weighted by Crippen LogP contribution is 2.13. The van der Waals surface area contributed by atoms with Crippen molar-refractivity contribution in [1.82, 2.24) is 5.32 Å². The summed E-state index contributed by atoms with van der Waals surface area (Å²) in [5.41, 5.74) is 0. The number of halogens is 5. The Morgan fingerprint density at radius 1 is 1.25 bits per heavy atom. The van der Waals surface area contributed by atoms with Gasteiger partial charge in [-0.3, -0.25) is 4.79 Å². The van der Waals surface area contributed by atoms with Crippen molar-refractivity contribution in [3.8, 4) is 0 Å². The van der Waals surface area contributed by atoms with Gasteiger partial charge in [-0.15, -0.1) is 0 Å². The smallest absolute Gasteiger partial charge is 0.475 e. The van der Waals surface area contributed by atoms with Gasteiger partial charge in [-0.25, -0.2) is 13.6 Å². The van der Waals surface area contributed by atoms with Gasteiger partial charge in [0.15, 0.2) is 0 Å². The molecule has 16 heavy (non-hydrogen) atoms. The summed E-state index contributed by atoms with van der Waals surface area (Å²) < 4.78 is 54.8. The number of hydrogen-bond donors (Lipinski definition) is 2. The molecule has 1 heterocycles. The summed E-state index contributed by atoms with van der Waals surface area (Å²) in [7, 11) is 0. The van der Waals surface area contributed by atoms with Gasteiger partial charge in [0.05, 0.1) is 0 Å². The van der Waals surface area contributed by atoms with Crippen molar-refractivity contribution in [2.75, 3.05) is 13.1 Å². The van der Waals surface area contributed by atoms with Crippen molar-refractivity contribution in [3.63, 3.8) is 0 Å². The number of hydrogen-bond acceptors (Lipinski definition) is 3. The first-order chi connectivity index (χ1) is 7.16. The Kier molecular flexibility index (Phi) is 5.28. The minimum atomic E-state index is -5.08. The Hall–Kier alpha value is -1.25. The first-order valence-electron chi connectivity index (χ1n) is 3.99. The van der Waals surface area contributed by atoms with E-state index in [9.17, 15) is 26.7 Å². The van der Waals surface area contributed by atoms with Gasteiger partial charge in [0.1, 0.15) is 0 Å². The van der Waals surface area contributed by atoms with Crippen LogP contribution in [0.4, 0.5) is 22.0 Å². The quantitative estimate of drug-likeness (QED) is 0.706. The average molecular weight is 249 g/mol. The lowest BCUT2D eigenvalue weighted by atomic mass is 9.99. The standard InChI is InChI=1S/C5H7F2NO.C2HF3O2/c6-5(7)4(9)3-1-8-2-3;3-2(4,5)1(6)7/h3,5,8H,1-2H2;(H,6,7). The maximum atomic E-state index is 11.5. The molecule has 94 valence electrons. The molecule has 4 nitrogen and oxygen atoms in total. The number of ketones is 1. The highest BCUT2D eigenvalue weighted by molar-refractivity contribution is 5.85. The normalized spacial score (nSPS) is 16.1. The lowest BCUT2D eigenvalue weighted by Gasteiger charge is -2.24. The third kappa shape index (κ3) is 5.01. The minimum Gasteiger partial charge on any atom is -0.475 e. The van der Waals surface area contributed by atoms with Crippen LogP contribution in [0.1, 0.15) is 0 Å². The number of carbonyl (C=O) groups excluding carboxylic acids is 1. The maximum absolute atomic E-state index is 11.5. The van der Waals surface area contributed by atoms with Gasteiger partial charge < -0.3 is 10.4 Å². The van der Waals surface area contributed by atoms with Gasteiger partial charge >= 0.3 is 12.1 Å². The Labute approximate surface area is 86.4 Å². The molecule has 0 bridgehead atoms. The van der Waals surface area contributed by atoms with Crippen LogP contribution in [0.15, 0.2) is 0 Å². The summed E-state index contributed by atoms with van der Waals surface area (Å²) in [4.78, 5) is 19.2.